The van der Waals surface area contributed by atoms with E-state index in [-0.39, 0.29) is 0 Å². The lowest BCUT2D eigenvalue weighted by atomic mass is 10.0. The van der Waals surface area contributed by atoms with Gasteiger partial charge in [0.05, 0.1) is 17.2 Å². The van der Waals surface area contributed by atoms with Gasteiger partial charge >= 0.3 is 5.97 Å². The van der Waals surface area contributed by atoms with Gasteiger partial charge < -0.3 is 4.74 Å². The molecule has 0 aliphatic heterocycles. The number of carbonyl (C=O) groups excluding carboxylic acids is 1. The molecule has 3 rings (SSSR count). The highest BCUT2D eigenvalue weighted by Crippen LogP contribution is 2.20. The number of benzene rings is 3. The van der Waals surface area contributed by atoms with Crippen LogP contribution >= 0.6 is 15.9 Å². The molecular formula is C22H14BrNO2. The Labute approximate surface area is 160 Å². The van der Waals surface area contributed by atoms with Gasteiger partial charge in [0.15, 0.2) is 0 Å². The molecule has 0 bridgehead atoms. The normalized spacial score (nSPS) is 10.8. The summed E-state index contributed by atoms with van der Waals surface area (Å²) < 4.78 is 6.20. The summed E-state index contributed by atoms with van der Waals surface area (Å²) in [6.07, 6.45) is 1.80. The Kier molecular flexibility index (Phi) is 5.62. The summed E-state index contributed by atoms with van der Waals surface area (Å²) in [6.45, 7) is 0. The van der Waals surface area contributed by atoms with Crippen molar-refractivity contribution in [3.8, 4) is 11.8 Å². The maximum atomic E-state index is 12.2. The van der Waals surface area contributed by atoms with Gasteiger partial charge in [-0.25, -0.2) is 4.79 Å². The Morgan fingerprint density at radius 3 is 2.27 bits per heavy atom. The van der Waals surface area contributed by atoms with Gasteiger partial charge in [0.1, 0.15) is 5.75 Å². The third-order valence-corrected chi connectivity index (χ3v) is 4.16. The maximum absolute atomic E-state index is 12.2. The predicted octanol–water partition coefficient (Wildman–Crippen LogP) is 5.73. The molecule has 0 saturated carbocycles. The van der Waals surface area contributed by atoms with Gasteiger partial charge in [-0.1, -0.05) is 64.5 Å². The van der Waals surface area contributed by atoms with Crippen LogP contribution in [0, 0.1) is 11.3 Å². The summed E-state index contributed by atoms with van der Waals surface area (Å²) in [5.74, 6) is 0.0296. The van der Waals surface area contributed by atoms with Crippen molar-refractivity contribution in [2.24, 2.45) is 0 Å². The number of ether oxygens (including phenoxy) is 1. The molecule has 3 nitrogen and oxygen atoms in total. The second-order valence-electron chi connectivity index (χ2n) is 5.50. The van der Waals surface area contributed by atoms with Gasteiger partial charge in [-0.3, -0.25) is 0 Å². The molecule has 0 fully saturated rings. The van der Waals surface area contributed by atoms with Crippen LogP contribution in [0.2, 0.25) is 0 Å². The van der Waals surface area contributed by atoms with Crippen molar-refractivity contribution in [3.63, 3.8) is 0 Å². The highest BCUT2D eigenvalue weighted by molar-refractivity contribution is 9.10. The molecule has 126 valence electrons. The van der Waals surface area contributed by atoms with Crippen LogP contribution in [0.4, 0.5) is 0 Å². The first-order chi connectivity index (χ1) is 12.7. The minimum Gasteiger partial charge on any atom is -0.423 e. The van der Waals surface area contributed by atoms with Crippen molar-refractivity contribution in [3.05, 3.63) is 100 Å². The largest absolute Gasteiger partial charge is 0.423 e. The van der Waals surface area contributed by atoms with E-state index >= 15 is 0 Å². The molecular weight excluding hydrogens is 390 g/mol. The van der Waals surface area contributed by atoms with E-state index in [9.17, 15) is 10.1 Å². The molecule has 0 saturated heterocycles. The second-order valence-corrected chi connectivity index (χ2v) is 6.42. The van der Waals surface area contributed by atoms with Gasteiger partial charge in [-0.15, -0.1) is 0 Å². The number of hydrogen-bond acceptors (Lipinski definition) is 3. The number of nitrogens with zero attached hydrogens (tertiary/aromatic N) is 1. The number of esters is 1. The van der Waals surface area contributed by atoms with E-state index in [0.717, 1.165) is 15.6 Å². The molecule has 0 heterocycles. The average molecular weight is 404 g/mol. The predicted molar refractivity (Wildman–Crippen MR) is 105 cm³/mol. The van der Waals surface area contributed by atoms with Gasteiger partial charge in [0.2, 0.25) is 0 Å². The molecule has 0 spiro atoms. The van der Waals surface area contributed by atoms with Crippen LogP contribution in [0.3, 0.4) is 0 Å². The Morgan fingerprint density at radius 2 is 1.62 bits per heavy atom. The quantitative estimate of drug-likeness (QED) is 0.241. The third-order valence-electron chi connectivity index (χ3n) is 3.67. The molecule has 3 aromatic carbocycles. The lowest BCUT2D eigenvalue weighted by Crippen LogP contribution is -2.08. The number of nitriles is 1. The number of halogens is 1. The van der Waals surface area contributed by atoms with Crippen molar-refractivity contribution in [1.82, 2.24) is 0 Å². The molecule has 0 amide bonds. The standard InChI is InChI=1S/C22H14BrNO2/c23-20-8-4-7-18(14-20)22(25)26-21-11-9-16(10-12-21)13-19(15-24)17-5-2-1-3-6-17/h1-14H/b19-13-. The Bertz CT molecular complexity index is 987. The van der Waals surface area contributed by atoms with E-state index in [4.69, 9.17) is 4.74 Å². The van der Waals surface area contributed by atoms with E-state index in [0.29, 0.717) is 16.9 Å². The molecule has 3 aromatic rings. The van der Waals surface area contributed by atoms with Crippen molar-refractivity contribution in [2.45, 2.75) is 0 Å². The second kappa shape index (κ2) is 8.28. The summed E-state index contributed by atoms with van der Waals surface area (Å²) in [6, 6.07) is 25.8. The fourth-order valence-corrected chi connectivity index (χ4v) is 2.78. The fourth-order valence-electron chi connectivity index (χ4n) is 2.38. The first-order valence-corrected chi connectivity index (χ1v) is 8.70. The molecule has 26 heavy (non-hydrogen) atoms. The molecule has 0 N–H and O–H groups in total. The summed E-state index contributed by atoms with van der Waals surface area (Å²) in [4.78, 5) is 12.2. The zero-order valence-electron chi connectivity index (χ0n) is 13.7. The third kappa shape index (κ3) is 4.47. The van der Waals surface area contributed by atoms with Crippen LogP contribution < -0.4 is 4.74 Å². The highest BCUT2D eigenvalue weighted by Gasteiger charge is 2.09. The van der Waals surface area contributed by atoms with Gasteiger partial charge in [0, 0.05) is 4.47 Å². The maximum Gasteiger partial charge on any atom is 0.343 e. The zero-order valence-corrected chi connectivity index (χ0v) is 15.3. The number of hydrogen-bond donors (Lipinski definition) is 0. The van der Waals surface area contributed by atoms with Crippen LogP contribution in [0.15, 0.2) is 83.3 Å². The molecule has 0 unspecified atom stereocenters. The molecule has 0 radical (unpaired) electrons. The summed E-state index contributed by atoms with van der Waals surface area (Å²) in [7, 11) is 0. The van der Waals surface area contributed by atoms with Crippen LogP contribution in [0.5, 0.6) is 5.75 Å². The Balaban J connectivity index is 1.75. The van der Waals surface area contributed by atoms with E-state index in [1.807, 2.05) is 48.5 Å². The first kappa shape index (κ1) is 17.7. The lowest BCUT2D eigenvalue weighted by Gasteiger charge is -2.05. The van der Waals surface area contributed by atoms with Crippen LogP contribution in [0.25, 0.3) is 11.6 Å². The van der Waals surface area contributed by atoms with Gasteiger partial charge in [0.25, 0.3) is 0 Å². The molecule has 0 aliphatic carbocycles. The number of allylic oxidation sites excluding steroid dienone is 1. The van der Waals surface area contributed by atoms with Gasteiger partial charge in [-0.05, 0) is 47.5 Å². The summed E-state index contributed by atoms with van der Waals surface area (Å²) in [5.41, 5.74) is 2.76. The van der Waals surface area contributed by atoms with E-state index in [1.54, 1.807) is 36.4 Å². The SMILES string of the molecule is N#C/C(=C/c1ccc(OC(=O)c2cccc(Br)c2)cc1)c1ccccc1. The van der Waals surface area contributed by atoms with Gasteiger partial charge in [-0.2, -0.15) is 5.26 Å². The Morgan fingerprint density at radius 1 is 0.923 bits per heavy atom. The van der Waals surface area contributed by atoms with Crippen molar-refractivity contribution in [2.75, 3.05) is 0 Å². The molecule has 4 heteroatoms. The highest BCUT2D eigenvalue weighted by atomic mass is 79.9. The average Bonchev–Trinajstić information content (AvgIpc) is 2.68. The number of rotatable bonds is 4. The zero-order chi connectivity index (χ0) is 18.4. The first-order valence-electron chi connectivity index (χ1n) is 7.91. The van der Waals surface area contributed by atoms with Crippen LogP contribution in [0.1, 0.15) is 21.5 Å². The summed E-state index contributed by atoms with van der Waals surface area (Å²) >= 11 is 3.33. The molecule has 0 aliphatic rings. The van der Waals surface area contributed by atoms with Crippen molar-refractivity contribution >= 4 is 33.5 Å². The van der Waals surface area contributed by atoms with Crippen molar-refractivity contribution < 1.29 is 9.53 Å². The van der Waals surface area contributed by atoms with E-state index in [2.05, 4.69) is 22.0 Å². The molecule has 0 aromatic heterocycles. The van der Waals surface area contributed by atoms with Crippen molar-refractivity contribution in [1.29, 1.82) is 5.26 Å². The topological polar surface area (TPSA) is 50.1 Å². The smallest absolute Gasteiger partial charge is 0.343 e. The Hall–Kier alpha value is -3.16. The van der Waals surface area contributed by atoms with E-state index in [1.165, 1.54) is 0 Å². The lowest BCUT2D eigenvalue weighted by molar-refractivity contribution is 0.0734. The van der Waals surface area contributed by atoms with Crippen LogP contribution in [-0.2, 0) is 0 Å². The molecule has 0 atom stereocenters. The minimum atomic E-state index is -0.420. The fraction of sp³-hybridized carbons (Fsp3) is 0. The van der Waals surface area contributed by atoms with E-state index < -0.39 is 5.97 Å². The van der Waals surface area contributed by atoms with Crippen LogP contribution in [-0.4, -0.2) is 5.97 Å². The number of carbonyl (C=O) groups is 1. The monoisotopic (exact) mass is 403 g/mol. The minimum absolute atomic E-state index is 0.420. The summed E-state index contributed by atoms with van der Waals surface area (Å²) in [5, 5.41) is 9.37.